The lowest BCUT2D eigenvalue weighted by Gasteiger charge is -2.33. The number of rotatable bonds is 8. The van der Waals surface area contributed by atoms with Gasteiger partial charge in [-0.1, -0.05) is 25.5 Å². The van der Waals surface area contributed by atoms with E-state index in [9.17, 15) is 41.0 Å². The number of hydrogen-bond acceptors (Lipinski definition) is 6. The van der Waals surface area contributed by atoms with Crippen LogP contribution in [0.4, 0.5) is 31.1 Å². The molecule has 1 saturated heterocycles. The highest BCUT2D eigenvalue weighted by Crippen LogP contribution is 2.50. The van der Waals surface area contributed by atoms with E-state index in [1.165, 1.54) is 18.5 Å². The quantitative estimate of drug-likeness (QED) is 0.235. The van der Waals surface area contributed by atoms with Crippen LogP contribution in [-0.4, -0.2) is 45.9 Å². The summed E-state index contributed by atoms with van der Waals surface area (Å²) < 4.78 is 92.0. The Bertz CT molecular complexity index is 1590. The molecule has 2 aliphatic rings. The maximum absolute atomic E-state index is 13.5. The Morgan fingerprint density at radius 2 is 1.77 bits per heavy atom. The molecule has 2 aromatic carbocycles. The first-order valence-electron chi connectivity index (χ1n) is 13.6. The van der Waals surface area contributed by atoms with Gasteiger partial charge in [-0.05, 0) is 65.9 Å². The third-order valence-corrected chi connectivity index (χ3v) is 7.70. The molecular weight excluding hydrogens is 596 g/mol. The van der Waals surface area contributed by atoms with Crippen molar-refractivity contribution in [2.24, 2.45) is 0 Å². The predicted molar refractivity (Wildman–Crippen MR) is 143 cm³/mol. The normalized spacial score (nSPS) is 18.7. The lowest BCUT2D eigenvalue weighted by molar-refractivity contribution is -0.376. The summed E-state index contributed by atoms with van der Waals surface area (Å²) in [6.45, 7) is 3.60. The first-order chi connectivity index (χ1) is 20.6. The Morgan fingerprint density at radius 3 is 2.45 bits per heavy atom. The fourth-order valence-electron chi connectivity index (χ4n) is 5.31. The maximum atomic E-state index is 13.5. The highest BCUT2D eigenvalue weighted by molar-refractivity contribution is 6.07. The molecule has 44 heavy (non-hydrogen) atoms. The minimum Gasteiger partial charge on any atom is -0.493 e. The average Bonchev–Trinajstić information content (AvgIpc) is 3.51. The molecule has 0 radical (unpaired) electrons. The number of imide groups is 1. The lowest BCUT2D eigenvalue weighted by atomic mass is 9.90. The van der Waals surface area contributed by atoms with Crippen molar-refractivity contribution in [2.45, 2.75) is 63.1 Å². The van der Waals surface area contributed by atoms with Gasteiger partial charge in [0, 0.05) is 18.2 Å². The number of fused-ring (bicyclic) bond motifs is 1. The van der Waals surface area contributed by atoms with E-state index in [0.29, 0.717) is 42.7 Å². The first-order valence-corrected chi connectivity index (χ1v) is 13.6. The zero-order valence-corrected chi connectivity index (χ0v) is 23.5. The van der Waals surface area contributed by atoms with Gasteiger partial charge in [0.25, 0.3) is 11.5 Å². The number of pyridine rings is 1. The third-order valence-electron chi connectivity index (χ3n) is 7.70. The van der Waals surface area contributed by atoms with Crippen LogP contribution in [0.1, 0.15) is 48.1 Å². The Labute approximate surface area is 247 Å². The van der Waals surface area contributed by atoms with Gasteiger partial charge < -0.3 is 19.9 Å². The summed E-state index contributed by atoms with van der Waals surface area (Å²) in [5, 5.41) is 12.6. The van der Waals surface area contributed by atoms with E-state index in [1.807, 2.05) is 6.07 Å². The number of benzene rings is 2. The highest BCUT2D eigenvalue weighted by atomic mass is 19.4. The van der Waals surface area contributed by atoms with Gasteiger partial charge in [-0.25, -0.2) is 4.79 Å². The molecule has 3 amide bonds. The smallest absolute Gasteiger partial charge is 0.430 e. The summed E-state index contributed by atoms with van der Waals surface area (Å²) in [4.78, 5) is 31.4. The Hall–Kier alpha value is -4.33. The zero-order chi connectivity index (χ0) is 32.1. The molecule has 2 N–H and O–H groups in total. The average molecular weight is 624 g/mol. The van der Waals surface area contributed by atoms with Crippen LogP contribution in [-0.2, 0) is 35.3 Å². The number of urea groups is 1. The van der Waals surface area contributed by atoms with Gasteiger partial charge in [-0.2, -0.15) is 26.3 Å². The van der Waals surface area contributed by atoms with Crippen LogP contribution in [0.2, 0.25) is 0 Å². The molecule has 5 rings (SSSR count). The van der Waals surface area contributed by atoms with Gasteiger partial charge in [-0.3, -0.25) is 14.7 Å². The van der Waals surface area contributed by atoms with Crippen molar-refractivity contribution in [3.8, 4) is 17.2 Å². The number of aromatic nitrogens is 1. The molecule has 0 bridgehead atoms. The number of aryl methyl sites for hydroxylation is 1. The van der Waals surface area contributed by atoms with Crippen molar-refractivity contribution in [3.63, 3.8) is 0 Å². The molecule has 0 saturated carbocycles. The van der Waals surface area contributed by atoms with Crippen LogP contribution in [0.15, 0.2) is 54.9 Å². The zero-order valence-electron chi connectivity index (χ0n) is 23.5. The summed E-state index contributed by atoms with van der Waals surface area (Å²) in [5.74, 6) is 0.227. The molecule has 0 aliphatic carbocycles. The van der Waals surface area contributed by atoms with Crippen molar-refractivity contribution < 1.29 is 50.5 Å². The fraction of sp³-hybridized carbons (Fsp3) is 0.367. The van der Waals surface area contributed by atoms with Crippen LogP contribution in [0.5, 0.6) is 17.2 Å². The summed E-state index contributed by atoms with van der Waals surface area (Å²) in [6.07, 6.45) is -8.35. The van der Waals surface area contributed by atoms with Crippen LogP contribution in [0.25, 0.3) is 0 Å². The minimum absolute atomic E-state index is 0.00746. The number of halogens is 6. The van der Waals surface area contributed by atoms with Crippen LogP contribution in [0, 0.1) is 0 Å². The molecule has 1 atom stereocenters. The van der Waals surface area contributed by atoms with E-state index in [0.717, 1.165) is 22.3 Å². The van der Waals surface area contributed by atoms with E-state index in [-0.39, 0.29) is 30.0 Å². The van der Waals surface area contributed by atoms with Gasteiger partial charge in [0.2, 0.25) is 0 Å². The minimum atomic E-state index is -6.03. The number of nitrogens with zero attached hydrogens (tertiary/aromatic N) is 2. The Morgan fingerprint density at radius 1 is 1.05 bits per heavy atom. The van der Waals surface area contributed by atoms with Crippen LogP contribution in [0.3, 0.4) is 0 Å². The summed E-state index contributed by atoms with van der Waals surface area (Å²) in [5.41, 5.74) is -5.92. The third kappa shape index (κ3) is 5.31. The second-order valence-corrected chi connectivity index (χ2v) is 10.8. The fourth-order valence-corrected chi connectivity index (χ4v) is 5.31. The summed E-state index contributed by atoms with van der Waals surface area (Å²) in [6, 6.07) is 8.14. The SMILES string of the molecule is CCCc1cc(C(O)(C(F)(F)F)C(F)(F)F)ccc1Oc1cncc(CN2C(=O)NC(C)(c3ccc4c(c3)CCO4)C2=O)c1. The Kier molecular flexibility index (Phi) is 7.77. The summed E-state index contributed by atoms with van der Waals surface area (Å²) >= 11 is 0. The van der Waals surface area contributed by atoms with E-state index < -0.39 is 41.0 Å². The maximum Gasteiger partial charge on any atom is 0.430 e. The number of alkyl halides is 6. The second-order valence-electron chi connectivity index (χ2n) is 10.8. The van der Waals surface area contributed by atoms with E-state index in [2.05, 4.69) is 10.3 Å². The van der Waals surface area contributed by atoms with E-state index >= 15 is 0 Å². The number of hydrogen-bond donors (Lipinski definition) is 2. The molecule has 3 aromatic rings. The number of aliphatic hydroxyl groups is 1. The van der Waals surface area contributed by atoms with Crippen LogP contribution < -0.4 is 14.8 Å². The van der Waals surface area contributed by atoms with Crippen LogP contribution >= 0.6 is 0 Å². The molecule has 8 nitrogen and oxygen atoms in total. The van der Waals surface area contributed by atoms with Crippen molar-refractivity contribution in [2.75, 3.05) is 6.61 Å². The number of carbonyl (C=O) groups excluding carboxylic acids is 2. The monoisotopic (exact) mass is 623 g/mol. The standard InChI is InChI=1S/C30H27F6N3O5/c1-3-4-18-13-21(28(42,29(31,32)33)30(34,35)36)6-8-24(18)44-22-11-17(14-37-15-22)16-39-25(40)27(2,38-26(39)41)20-5-7-23-19(12-20)9-10-43-23/h5-8,11-15,42H,3-4,9-10,16H2,1-2H3,(H,38,41). The van der Waals surface area contributed by atoms with E-state index in [4.69, 9.17) is 9.47 Å². The van der Waals surface area contributed by atoms with Crippen molar-refractivity contribution >= 4 is 11.9 Å². The molecule has 1 aromatic heterocycles. The molecule has 1 fully saturated rings. The number of nitrogens with one attached hydrogen (secondary N) is 1. The molecule has 14 heteroatoms. The summed E-state index contributed by atoms with van der Waals surface area (Å²) in [7, 11) is 0. The second kappa shape index (κ2) is 11.0. The number of carbonyl (C=O) groups is 2. The van der Waals surface area contributed by atoms with Gasteiger partial charge >= 0.3 is 18.4 Å². The molecule has 3 heterocycles. The molecule has 2 aliphatic heterocycles. The van der Waals surface area contributed by atoms with Crippen molar-refractivity contribution in [3.05, 3.63) is 82.7 Å². The number of ether oxygens (including phenoxy) is 2. The van der Waals surface area contributed by atoms with Gasteiger partial charge in [-0.15, -0.1) is 0 Å². The van der Waals surface area contributed by atoms with Crippen molar-refractivity contribution in [1.29, 1.82) is 0 Å². The molecular formula is C30H27F6N3O5. The predicted octanol–water partition coefficient (Wildman–Crippen LogP) is 6.04. The highest BCUT2D eigenvalue weighted by Gasteiger charge is 2.71. The Balaban J connectivity index is 1.38. The molecule has 234 valence electrons. The van der Waals surface area contributed by atoms with E-state index in [1.54, 1.807) is 26.0 Å². The lowest BCUT2D eigenvalue weighted by Crippen LogP contribution is -2.53. The first kappa shape index (κ1) is 31.1. The molecule has 1 unspecified atom stereocenters. The van der Waals surface area contributed by atoms with Gasteiger partial charge in [0.15, 0.2) is 0 Å². The number of amides is 3. The topological polar surface area (TPSA) is 101 Å². The van der Waals surface area contributed by atoms with Crippen molar-refractivity contribution in [1.82, 2.24) is 15.2 Å². The van der Waals surface area contributed by atoms with Gasteiger partial charge in [0.1, 0.15) is 22.8 Å². The van der Waals surface area contributed by atoms with Gasteiger partial charge in [0.05, 0.1) is 19.3 Å². The molecule has 0 spiro atoms. The largest absolute Gasteiger partial charge is 0.493 e.